The van der Waals surface area contributed by atoms with Crippen LogP contribution in [0.4, 0.5) is 18.9 Å². The van der Waals surface area contributed by atoms with Gasteiger partial charge in [-0.3, -0.25) is 4.72 Å². The Morgan fingerprint density at radius 3 is 2.27 bits per heavy atom. The number of hydrogen-bond acceptors (Lipinski definition) is 4. The van der Waals surface area contributed by atoms with E-state index in [1.165, 1.54) is 18.2 Å². The number of oxime groups is 1. The molecule has 0 spiro atoms. The van der Waals surface area contributed by atoms with Gasteiger partial charge in [0.15, 0.2) is 0 Å². The van der Waals surface area contributed by atoms with E-state index in [1.54, 1.807) is 54.1 Å². The molecule has 0 aliphatic rings. The highest BCUT2D eigenvalue weighted by Crippen LogP contribution is 2.29. The van der Waals surface area contributed by atoms with Crippen molar-refractivity contribution in [1.29, 1.82) is 0 Å². The topological polar surface area (TPSA) is 67.8 Å². The minimum Gasteiger partial charge on any atom is -0.390 e. The number of halogens is 4. The third-order valence-corrected chi connectivity index (χ3v) is 6.06. The Balaban J connectivity index is 2.05. The number of aryl methyl sites for hydroxylation is 2. The van der Waals surface area contributed by atoms with E-state index < -0.39 is 15.5 Å². The van der Waals surface area contributed by atoms with Crippen LogP contribution in [0.1, 0.15) is 27.8 Å². The van der Waals surface area contributed by atoms with E-state index in [4.69, 9.17) is 16.4 Å². The molecule has 0 aliphatic carbocycles. The first-order chi connectivity index (χ1) is 15.5. The summed E-state index contributed by atoms with van der Waals surface area (Å²) in [4.78, 5) is 5.51. The molecule has 0 unspecified atom stereocenters. The predicted molar refractivity (Wildman–Crippen MR) is 123 cm³/mol. The summed E-state index contributed by atoms with van der Waals surface area (Å²) in [5.41, 5.74) is -2.63. The van der Waals surface area contributed by atoms with Crippen LogP contribution in [0, 0.1) is 13.8 Å². The maximum atomic E-state index is 13.0. The number of nitrogens with zero attached hydrogens (tertiary/aromatic N) is 1. The minimum absolute atomic E-state index is 0.00484. The smallest absolute Gasteiger partial charge is 0.390 e. The monoisotopic (exact) mass is 496 g/mol. The van der Waals surface area contributed by atoms with E-state index >= 15 is 0 Å². The van der Waals surface area contributed by atoms with Crippen molar-refractivity contribution in [3.05, 3.63) is 99.6 Å². The average molecular weight is 497 g/mol. The molecule has 0 saturated heterocycles. The van der Waals surface area contributed by atoms with Gasteiger partial charge in [-0.2, -0.15) is 21.6 Å². The van der Waals surface area contributed by atoms with Crippen molar-refractivity contribution in [2.75, 3.05) is 4.72 Å². The number of hydrogen-bond donors (Lipinski definition) is 1. The molecule has 0 amide bonds. The van der Waals surface area contributed by atoms with Gasteiger partial charge < -0.3 is 4.84 Å². The molecule has 10 heteroatoms. The van der Waals surface area contributed by atoms with Crippen molar-refractivity contribution in [1.82, 2.24) is 0 Å². The Hall–Kier alpha value is -3.04. The summed E-state index contributed by atoms with van der Waals surface area (Å²) in [7, 11) is -5.64. The molecule has 0 saturated carbocycles. The molecule has 0 atom stereocenters. The molecule has 0 radical (unpaired) electrons. The van der Waals surface area contributed by atoms with Crippen molar-refractivity contribution in [3.63, 3.8) is 0 Å². The van der Waals surface area contributed by atoms with E-state index in [-0.39, 0.29) is 23.6 Å². The van der Waals surface area contributed by atoms with Crippen LogP contribution >= 0.6 is 11.6 Å². The normalized spacial score (nSPS) is 12.5. The summed E-state index contributed by atoms with van der Waals surface area (Å²) in [6.07, 6.45) is 0. The fourth-order valence-corrected chi connectivity index (χ4v) is 3.81. The van der Waals surface area contributed by atoms with E-state index in [0.717, 1.165) is 5.56 Å². The molecule has 1 N–H and O–H groups in total. The number of sulfonamides is 1. The summed E-state index contributed by atoms with van der Waals surface area (Å²) in [6.45, 7) is 3.62. The molecule has 0 fully saturated rings. The van der Waals surface area contributed by atoms with Gasteiger partial charge in [0.2, 0.25) is 0 Å². The van der Waals surface area contributed by atoms with Crippen molar-refractivity contribution < 1.29 is 26.4 Å². The third kappa shape index (κ3) is 6.06. The molecule has 3 aromatic carbocycles. The van der Waals surface area contributed by atoms with Crippen molar-refractivity contribution in [2.24, 2.45) is 5.16 Å². The van der Waals surface area contributed by atoms with E-state index in [0.29, 0.717) is 21.7 Å². The van der Waals surface area contributed by atoms with Crippen molar-refractivity contribution in [2.45, 2.75) is 26.0 Å². The van der Waals surface area contributed by atoms with Gasteiger partial charge >= 0.3 is 15.5 Å². The zero-order chi connectivity index (χ0) is 24.2. The second kappa shape index (κ2) is 9.84. The third-order valence-electron chi connectivity index (χ3n) is 4.61. The average Bonchev–Trinajstić information content (AvgIpc) is 2.74. The highest BCUT2D eigenvalue weighted by molar-refractivity contribution is 7.93. The molecule has 33 heavy (non-hydrogen) atoms. The van der Waals surface area contributed by atoms with Crippen LogP contribution in [0.5, 0.6) is 0 Å². The van der Waals surface area contributed by atoms with Gasteiger partial charge in [0.1, 0.15) is 12.3 Å². The highest BCUT2D eigenvalue weighted by atomic mass is 35.5. The first kappa shape index (κ1) is 24.6. The molecule has 0 aromatic heterocycles. The largest absolute Gasteiger partial charge is 0.516 e. The summed E-state index contributed by atoms with van der Waals surface area (Å²) in [6, 6.07) is 18.3. The summed E-state index contributed by atoms with van der Waals surface area (Å²) in [5.74, 6) is 0. The quantitative estimate of drug-likeness (QED) is 0.313. The van der Waals surface area contributed by atoms with Crippen LogP contribution in [0.25, 0.3) is 0 Å². The van der Waals surface area contributed by atoms with Crippen molar-refractivity contribution in [3.8, 4) is 0 Å². The van der Waals surface area contributed by atoms with E-state index in [1.807, 2.05) is 13.0 Å². The first-order valence-corrected chi connectivity index (χ1v) is 11.5. The van der Waals surface area contributed by atoms with Gasteiger partial charge in [-0.25, -0.2) is 0 Å². The lowest BCUT2D eigenvalue weighted by Crippen LogP contribution is -2.30. The van der Waals surface area contributed by atoms with Gasteiger partial charge in [0.25, 0.3) is 0 Å². The second-order valence-corrected chi connectivity index (χ2v) is 9.36. The van der Waals surface area contributed by atoms with Gasteiger partial charge in [-0.15, -0.1) is 0 Å². The Kier molecular flexibility index (Phi) is 7.34. The molecule has 5 nitrogen and oxygen atoms in total. The van der Waals surface area contributed by atoms with Gasteiger partial charge in [-0.1, -0.05) is 70.9 Å². The minimum atomic E-state index is -5.64. The molecule has 0 bridgehead atoms. The number of rotatable bonds is 7. The summed E-state index contributed by atoms with van der Waals surface area (Å²) >= 11 is 6.23. The second-order valence-electron chi connectivity index (χ2n) is 7.27. The standard InChI is InChI=1S/C23H20ClF3N2O3S/c1-15-9-11-21(29-33(30,31)23(25,26)27)19(12-15)22(17-6-4-3-5-7-17)28-32-14-18-10-8-16(2)13-20(18)24/h3-13,29H,14H2,1-2H3/b28-22+. The molecule has 174 valence electrons. The lowest BCUT2D eigenvalue weighted by atomic mass is 9.99. The number of alkyl halides is 3. The lowest BCUT2D eigenvalue weighted by Gasteiger charge is -2.16. The van der Waals surface area contributed by atoms with Crippen LogP contribution in [-0.2, 0) is 21.5 Å². The number of anilines is 1. The van der Waals surface area contributed by atoms with Crippen molar-refractivity contribution >= 4 is 33.0 Å². The van der Waals surface area contributed by atoms with Gasteiger partial charge in [0.05, 0.1) is 5.69 Å². The fourth-order valence-electron chi connectivity index (χ4n) is 2.93. The molecular formula is C23H20ClF3N2O3S. The zero-order valence-electron chi connectivity index (χ0n) is 17.7. The Morgan fingerprint density at radius 1 is 1.00 bits per heavy atom. The fraction of sp³-hybridized carbons (Fsp3) is 0.174. The predicted octanol–water partition coefficient (Wildman–Crippen LogP) is 6.19. The SMILES string of the molecule is Cc1ccc(CO/N=C(\c2ccccc2)c2cc(C)ccc2NS(=O)(=O)C(F)(F)F)c(Cl)c1. The Morgan fingerprint density at radius 2 is 1.64 bits per heavy atom. The Labute approximate surface area is 194 Å². The highest BCUT2D eigenvalue weighted by Gasteiger charge is 2.46. The summed E-state index contributed by atoms with van der Waals surface area (Å²) < 4.78 is 64.1. The van der Waals surface area contributed by atoms with Crippen LogP contribution < -0.4 is 4.72 Å². The van der Waals surface area contributed by atoms with Crippen LogP contribution in [0.3, 0.4) is 0 Å². The van der Waals surface area contributed by atoms with Gasteiger partial charge in [-0.05, 0) is 37.6 Å². The zero-order valence-corrected chi connectivity index (χ0v) is 19.2. The van der Waals surface area contributed by atoms with Crippen LogP contribution in [0.15, 0.2) is 71.9 Å². The maximum Gasteiger partial charge on any atom is 0.516 e. The molecule has 0 heterocycles. The van der Waals surface area contributed by atoms with E-state index in [2.05, 4.69) is 5.16 Å². The molecule has 0 aliphatic heterocycles. The molecular weight excluding hydrogens is 477 g/mol. The van der Waals surface area contributed by atoms with Crippen LogP contribution in [-0.4, -0.2) is 19.6 Å². The first-order valence-electron chi connectivity index (χ1n) is 9.68. The van der Waals surface area contributed by atoms with Crippen LogP contribution in [0.2, 0.25) is 5.02 Å². The van der Waals surface area contributed by atoms with Gasteiger partial charge in [0, 0.05) is 21.7 Å². The number of nitrogens with one attached hydrogen (secondary N) is 1. The maximum absolute atomic E-state index is 13.0. The lowest BCUT2D eigenvalue weighted by molar-refractivity contribution is -0.0429. The number of benzene rings is 3. The molecule has 3 rings (SSSR count). The summed E-state index contributed by atoms with van der Waals surface area (Å²) in [5, 5.41) is 4.65. The Bertz CT molecular complexity index is 1280. The molecule has 3 aromatic rings. The van der Waals surface area contributed by atoms with E-state index in [9.17, 15) is 21.6 Å².